The molecule has 4 atom stereocenters. The lowest BCUT2D eigenvalue weighted by molar-refractivity contribution is -0.0795. The molecule has 0 amide bonds. The van der Waals surface area contributed by atoms with E-state index in [1.165, 1.54) is 12.8 Å². The molecule has 0 spiro atoms. The zero-order valence-electron chi connectivity index (χ0n) is 10.2. The quantitative estimate of drug-likeness (QED) is 0.608. The predicted octanol–water partition coefficient (Wildman–Crippen LogP) is 4.35. The molecule has 0 radical (unpaired) electrons. The lowest BCUT2D eigenvalue weighted by atomic mass is 9.49. The Morgan fingerprint density at radius 2 is 1.54 bits per heavy atom. The average molecular weight is 182 g/mol. The van der Waals surface area contributed by atoms with Crippen LogP contribution in [0.2, 0.25) is 0 Å². The molecule has 0 aromatic rings. The number of hydrogen-bond acceptors (Lipinski definition) is 0. The van der Waals surface area contributed by atoms with E-state index in [0.29, 0.717) is 5.41 Å². The summed E-state index contributed by atoms with van der Waals surface area (Å²) in [5.74, 6) is 3.86. The Morgan fingerprint density at radius 1 is 1.00 bits per heavy atom. The standard InChI is InChI=1S/C13H26/c1-7-11-9(3)10(4)12(11)13(5,6)8-2/h9-12H,7-8H2,1-6H3. The lowest BCUT2D eigenvalue weighted by Crippen LogP contribution is -2.50. The van der Waals surface area contributed by atoms with E-state index < -0.39 is 0 Å². The van der Waals surface area contributed by atoms with Crippen LogP contribution < -0.4 is 0 Å². The van der Waals surface area contributed by atoms with Crippen molar-refractivity contribution in [2.45, 2.75) is 54.4 Å². The van der Waals surface area contributed by atoms with Crippen molar-refractivity contribution in [3.63, 3.8) is 0 Å². The van der Waals surface area contributed by atoms with Gasteiger partial charge in [0.25, 0.3) is 0 Å². The zero-order chi connectivity index (χ0) is 10.2. The SMILES string of the molecule is CCC1C(C)C(C)C1C(C)(C)CC. The first-order chi connectivity index (χ1) is 5.95. The maximum Gasteiger partial charge on any atom is -0.0303 e. The van der Waals surface area contributed by atoms with Gasteiger partial charge in [0.15, 0.2) is 0 Å². The Kier molecular flexibility index (Phi) is 3.09. The smallest absolute Gasteiger partial charge is 0.0303 e. The molecule has 78 valence electrons. The molecule has 13 heavy (non-hydrogen) atoms. The minimum Gasteiger partial charge on any atom is -0.0651 e. The summed E-state index contributed by atoms with van der Waals surface area (Å²) in [5, 5.41) is 0. The number of rotatable bonds is 3. The first-order valence-electron chi connectivity index (χ1n) is 5.95. The summed E-state index contributed by atoms with van der Waals surface area (Å²) in [6.45, 7) is 14.5. The topological polar surface area (TPSA) is 0 Å². The fraction of sp³-hybridized carbons (Fsp3) is 1.00. The molecule has 0 aromatic heterocycles. The van der Waals surface area contributed by atoms with Gasteiger partial charge in [0, 0.05) is 0 Å². The van der Waals surface area contributed by atoms with Gasteiger partial charge in [0.05, 0.1) is 0 Å². The van der Waals surface area contributed by atoms with E-state index in [4.69, 9.17) is 0 Å². The van der Waals surface area contributed by atoms with Crippen LogP contribution in [-0.4, -0.2) is 0 Å². The van der Waals surface area contributed by atoms with Crippen molar-refractivity contribution >= 4 is 0 Å². The molecule has 0 aliphatic heterocycles. The first kappa shape index (κ1) is 11.1. The van der Waals surface area contributed by atoms with Crippen LogP contribution in [-0.2, 0) is 0 Å². The molecule has 1 aliphatic carbocycles. The van der Waals surface area contributed by atoms with Gasteiger partial charge in [-0.1, -0.05) is 54.4 Å². The van der Waals surface area contributed by atoms with Gasteiger partial charge in [-0.2, -0.15) is 0 Å². The third-order valence-corrected chi connectivity index (χ3v) is 4.82. The third kappa shape index (κ3) is 1.65. The van der Waals surface area contributed by atoms with Crippen LogP contribution in [0.15, 0.2) is 0 Å². The van der Waals surface area contributed by atoms with E-state index in [1.54, 1.807) is 0 Å². The summed E-state index contributed by atoms with van der Waals surface area (Å²) in [4.78, 5) is 0. The summed E-state index contributed by atoms with van der Waals surface area (Å²) in [6, 6.07) is 0. The van der Waals surface area contributed by atoms with Crippen LogP contribution in [0.5, 0.6) is 0 Å². The molecule has 0 aromatic carbocycles. The van der Waals surface area contributed by atoms with Crippen LogP contribution in [0.3, 0.4) is 0 Å². The molecular weight excluding hydrogens is 156 g/mol. The Balaban J connectivity index is 2.70. The van der Waals surface area contributed by atoms with Gasteiger partial charge in [-0.05, 0) is 29.1 Å². The predicted molar refractivity (Wildman–Crippen MR) is 59.7 cm³/mol. The van der Waals surface area contributed by atoms with Crippen molar-refractivity contribution < 1.29 is 0 Å². The van der Waals surface area contributed by atoms with E-state index in [9.17, 15) is 0 Å². The Hall–Kier alpha value is 0. The van der Waals surface area contributed by atoms with E-state index in [-0.39, 0.29) is 0 Å². The molecule has 0 N–H and O–H groups in total. The Bertz CT molecular complexity index is 169. The molecular formula is C13H26. The molecule has 1 saturated carbocycles. The average Bonchev–Trinajstić information content (AvgIpc) is 2.11. The maximum absolute atomic E-state index is 2.45. The second-order valence-corrected chi connectivity index (χ2v) is 5.66. The Morgan fingerprint density at radius 3 is 1.92 bits per heavy atom. The van der Waals surface area contributed by atoms with Crippen LogP contribution >= 0.6 is 0 Å². The highest BCUT2D eigenvalue weighted by atomic mass is 14.5. The van der Waals surface area contributed by atoms with Crippen molar-refractivity contribution in [1.29, 1.82) is 0 Å². The van der Waals surface area contributed by atoms with E-state index in [2.05, 4.69) is 41.5 Å². The molecule has 1 fully saturated rings. The normalized spacial score (nSPS) is 40.2. The van der Waals surface area contributed by atoms with Crippen LogP contribution in [0, 0.1) is 29.1 Å². The molecule has 0 nitrogen and oxygen atoms in total. The molecule has 4 unspecified atom stereocenters. The first-order valence-corrected chi connectivity index (χ1v) is 5.95. The second kappa shape index (κ2) is 3.63. The Labute approximate surface area is 84.1 Å². The summed E-state index contributed by atoms with van der Waals surface area (Å²) in [7, 11) is 0. The summed E-state index contributed by atoms with van der Waals surface area (Å²) in [6.07, 6.45) is 2.70. The van der Waals surface area contributed by atoms with E-state index >= 15 is 0 Å². The molecule has 1 rings (SSSR count). The zero-order valence-corrected chi connectivity index (χ0v) is 10.2. The van der Waals surface area contributed by atoms with Gasteiger partial charge in [-0.25, -0.2) is 0 Å². The van der Waals surface area contributed by atoms with Gasteiger partial charge in [-0.3, -0.25) is 0 Å². The molecule has 1 aliphatic rings. The fourth-order valence-electron chi connectivity index (χ4n) is 3.44. The highest BCUT2D eigenvalue weighted by Gasteiger charge is 2.49. The highest BCUT2D eigenvalue weighted by Crippen LogP contribution is 2.56. The summed E-state index contributed by atoms with van der Waals surface area (Å²) < 4.78 is 0. The minimum absolute atomic E-state index is 0.562. The second-order valence-electron chi connectivity index (χ2n) is 5.66. The van der Waals surface area contributed by atoms with Gasteiger partial charge < -0.3 is 0 Å². The minimum atomic E-state index is 0.562. The van der Waals surface area contributed by atoms with Crippen molar-refractivity contribution in [3.05, 3.63) is 0 Å². The van der Waals surface area contributed by atoms with Gasteiger partial charge in [-0.15, -0.1) is 0 Å². The van der Waals surface area contributed by atoms with Crippen LogP contribution in [0.4, 0.5) is 0 Å². The maximum atomic E-state index is 2.45. The van der Waals surface area contributed by atoms with Crippen molar-refractivity contribution in [3.8, 4) is 0 Å². The summed E-state index contributed by atoms with van der Waals surface area (Å²) >= 11 is 0. The van der Waals surface area contributed by atoms with Crippen molar-refractivity contribution in [2.24, 2.45) is 29.1 Å². The molecule has 0 heteroatoms. The number of hydrogen-bond donors (Lipinski definition) is 0. The third-order valence-electron chi connectivity index (χ3n) is 4.82. The molecule has 0 heterocycles. The van der Waals surface area contributed by atoms with Crippen LogP contribution in [0.25, 0.3) is 0 Å². The van der Waals surface area contributed by atoms with Crippen molar-refractivity contribution in [2.75, 3.05) is 0 Å². The van der Waals surface area contributed by atoms with Gasteiger partial charge in [0.1, 0.15) is 0 Å². The van der Waals surface area contributed by atoms with Crippen molar-refractivity contribution in [1.82, 2.24) is 0 Å². The van der Waals surface area contributed by atoms with E-state index in [0.717, 1.165) is 23.7 Å². The van der Waals surface area contributed by atoms with Crippen LogP contribution in [0.1, 0.15) is 54.4 Å². The fourth-order valence-corrected chi connectivity index (χ4v) is 3.44. The molecule has 0 saturated heterocycles. The molecule has 0 bridgehead atoms. The summed E-state index contributed by atoms with van der Waals surface area (Å²) in [5.41, 5.74) is 0.562. The largest absolute Gasteiger partial charge is 0.0651 e. The van der Waals surface area contributed by atoms with E-state index in [1.807, 2.05) is 0 Å². The monoisotopic (exact) mass is 182 g/mol. The van der Waals surface area contributed by atoms with Gasteiger partial charge in [0.2, 0.25) is 0 Å². The lowest BCUT2D eigenvalue weighted by Gasteiger charge is -2.56. The highest BCUT2D eigenvalue weighted by molar-refractivity contribution is 4.98. The van der Waals surface area contributed by atoms with Gasteiger partial charge >= 0.3 is 0 Å².